The molecule has 0 atom stereocenters. The molecule has 0 aliphatic heterocycles. The normalized spacial score (nSPS) is 10.2. The first-order chi connectivity index (χ1) is 8.69. The molecular weight excluding hydrogens is 248 g/mol. The summed E-state index contributed by atoms with van der Waals surface area (Å²) < 4.78 is 15.8. The summed E-state index contributed by atoms with van der Waals surface area (Å²) >= 11 is 0. The summed E-state index contributed by atoms with van der Waals surface area (Å²) in [6.07, 6.45) is 1.14. The molecule has 1 aromatic rings. The Bertz CT molecular complexity index is 399. The van der Waals surface area contributed by atoms with Crippen molar-refractivity contribution in [1.29, 1.82) is 0 Å². The van der Waals surface area contributed by atoms with Gasteiger partial charge in [-0.15, -0.1) is 0 Å². The van der Waals surface area contributed by atoms with Crippen molar-refractivity contribution >= 4 is 21.6 Å². The van der Waals surface area contributed by atoms with Gasteiger partial charge in [0.1, 0.15) is 5.69 Å². The zero-order valence-corrected chi connectivity index (χ0v) is 13.5. The van der Waals surface area contributed by atoms with Crippen molar-refractivity contribution in [2.75, 3.05) is 38.9 Å². The molecule has 0 unspecified atom stereocenters. The molecule has 0 saturated heterocycles. The van der Waals surface area contributed by atoms with Gasteiger partial charge in [-0.2, -0.15) is 0 Å². The third-order valence-electron chi connectivity index (χ3n) is 2.71. The van der Waals surface area contributed by atoms with E-state index in [1.165, 1.54) is 16.3 Å². The minimum atomic E-state index is 0.452. The highest BCUT2D eigenvalue weighted by atomic mass is 28.1. The lowest BCUT2D eigenvalue weighted by molar-refractivity contribution is 0.352. The van der Waals surface area contributed by atoms with E-state index in [1.807, 2.05) is 6.07 Å². The van der Waals surface area contributed by atoms with Crippen LogP contribution in [-0.4, -0.2) is 38.1 Å². The van der Waals surface area contributed by atoms with Gasteiger partial charge in [-0.1, -0.05) is 6.04 Å². The van der Waals surface area contributed by atoms with Gasteiger partial charge in [-0.25, -0.2) is 0 Å². The van der Waals surface area contributed by atoms with Crippen molar-refractivity contribution in [3.8, 4) is 17.2 Å². The summed E-state index contributed by atoms with van der Waals surface area (Å²) in [5, 5.41) is 3.31. The first-order valence-electron chi connectivity index (χ1n) is 6.01. The van der Waals surface area contributed by atoms with E-state index in [-0.39, 0.29) is 0 Å². The lowest BCUT2D eigenvalue weighted by atomic mass is 10.2. The number of ether oxygens (including phenoxy) is 3. The maximum Gasteiger partial charge on any atom is 0.187 e. The molecule has 0 radical (unpaired) electrons. The van der Waals surface area contributed by atoms with Crippen LogP contribution in [0.25, 0.3) is 0 Å². The number of hydrogen-bond acceptors (Lipinski definition) is 5. The van der Waals surface area contributed by atoms with Crippen molar-refractivity contribution in [3.05, 3.63) is 6.07 Å². The number of hydrogen-bond donors (Lipinski definition) is 2. The Morgan fingerprint density at radius 2 is 1.83 bits per heavy atom. The van der Waals surface area contributed by atoms with Crippen molar-refractivity contribution in [2.24, 2.45) is 0 Å². The number of anilines is 2. The monoisotopic (exact) mass is 270 g/mol. The van der Waals surface area contributed by atoms with E-state index in [0.717, 1.165) is 18.7 Å². The molecule has 0 heterocycles. The highest BCUT2D eigenvalue weighted by molar-refractivity contribution is 6.08. The fraction of sp³-hybridized carbons (Fsp3) is 0.500. The largest absolute Gasteiger partial charge is 0.493 e. The molecule has 0 spiro atoms. The van der Waals surface area contributed by atoms with E-state index in [0.29, 0.717) is 22.9 Å². The molecule has 3 N–H and O–H groups in total. The van der Waals surface area contributed by atoms with Gasteiger partial charge in [0, 0.05) is 22.9 Å². The predicted octanol–water partition coefficient (Wildman–Crippen LogP) is 0.880. The summed E-state index contributed by atoms with van der Waals surface area (Å²) in [5.74, 6) is 1.70. The van der Waals surface area contributed by atoms with Crippen LogP contribution in [0.4, 0.5) is 11.4 Å². The zero-order valence-electron chi connectivity index (χ0n) is 11.5. The summed E-state index contributed by atoms with van der Waals surface area (Å²) in [5.41, 5.74) is 7.31. The topological polar surface area (TPSA) is 65.7 Å². The van der Waals surface area contributed by atoms with E-state index in [2.05, 4.69) is 5.32 Å². The van der Waals surface area contributed by atoms with Crippen molar-refractivity contribution in [3.63, 3.8) is 0 Å². The summed E-state index contributed by atoms with van der Waals surface area (Å²) in [7, 11) is 5.96. The Labute approximate surface area is 111 Å². The van der Waals surface area contributed by atoms with Crippen LogP contribution < -0.4 is 25.3 Å². The van der Waals surface area contributed by atoms with Gasteiger partial charge in [-0.05, 0) is 6.42 Å². The van der Waals surface area contributed by atoms with Crippen LogP contribution >= 0.6 is 0 Å². The third-order valence-corrected chi connectivity index (χ3v) is 3.41. The standard InChI is InChI=1S/C12H22N2O3Si/c1-15-9-7-8(14-5-4-6-18)11(16-2)10(13)12(9)17-3/h7,14H,4-6,13H2,1-3,18H3. The molecule has 0 bridgehead atoms. The number of methoxy groups -OCH3 is 3. The molecule has 0 fully saturated rings. The molecule has 0 aromatic heterocycles. The van der Waals surface area contributed by atoms with Gasteiger partial charge < -0.3 is 25.3 Å². The highest BCUT2D eigenvalue weighted by Gasteiger charge is 2.17. The molecule has 5 nitrogen and oxygen atoms in total. The van der Waals surface area contributed by atoms with E-state index >= 15 is 0 Å². The number of nitrogen functional groups attached to an aromatic ring is 1. The number of nitrogens with two attached hydrogens (primary N) is 1. The fourth-order valence-electron chi connectivity index (χ4n) is 1.76. The average Bonchev–Trinajstić information content (AvgIpc) is 2.38. The van der Waals surface area contributed by atoms with Crippen molar-refractivity contribution in [2.45, 2.75) is 12.5 Å². The van der Waals surface area contributed by atoms with Gasteiger partial charge in [0.05, 0.1) is 27.0 Å². The molecule has 102 valence electrons. The van der Waals surface area contributed by atoms with Gasteiger partial charge in [0.15, 0.2) is 17.2 Å². The fourth-order valence-corrected chi connectivity index (χ4v) is 2.11. The van der Waals surface area contributed by atoms with Crippen LogP contribution in [0, 0.1) is 0 Å². The highest BCUT2D eigenvalue weighted by Crippen LogP contribution is 2.45. The maximum atomic E-state index is 6.02. The van der Waals surface area contributed by atoms with Crippen molar-refractivity contribution < 1.29 is 14.2 Å². The SMILES string of the molecule is COc1cc(NCCC[SiH3])c(OC)c(N)c1OC. The van der Waals surface area contributed by atoms with E-state index in [4.69, 9.17) is 19.9 Å². The molecule has 0 aliphatic carbocycles. The second kappa shape index (κ2) is 7.00. The van der Waals surface area contributed by atoms with Gasteiger partial charge in [-0.3, -0.25) is 0 Å². The third kappa shape index (κ3) is 3.01. The smallest absolute Gasteiger partial charge is 0.187 e. The summed E-state index contributed by atoms with van der Waals surface area (Å²) in [6.45, 7) is 0.898. The van der Waals surface area contributed by atoms with Crippen molar-refractivity contribution in [1.82, 2.24) is 0 Å². The Hall–Kier alpha value is -1.56. The Kier molecular flexibility index (Phi) is 5.64. The van der Waals surface area contributed by atoms with Crippen LogP contribution in [0.3, 0.4) is 0 Å². The lowest BCUT2D eigenvalue weighted by Crippen LogP contribution is -2.06. The molecule has 0 aliphatic rings. The van der Waals surface area contributed by atoms with Crippen LogP contribution in [0.1, 0.15) is 6.42 Å². The molecule has 0 saturated carbocycles. The Morgan fingerprint density at radius 1 is 1.17 bits per heavy atom. The first kappa shape index (κ1) is 14.5. The van der Waals surface area contributed by atoms with Gasteiger partial charge in [0.25, 0.3) is 0 Å². The van der Waals surface area contributed by atoms with Crippen LogP contribution in [0.2, 0.25) is 6.04 Å². The summed E-state index contributed by atoms with van der Waals surface area (Å²) in [6, 6.07) is 3.11. The second-order valence-electron chi connectivity index (χ2n) is 3.89. The van der Waals surface area contributed by atoms with Crippen LogP contribution in [-0.2, 0) is 0 Å². The van der Waals surface area contributed by atoms with E-state index in [9.17, 15) is 0 Å². The summed E-state index contributed by atoms with van der Waals surface area (Å²) in [4.78, 5) is 0. The average molecular weight is 270 g/mol. The first-order valence-corrected chi connectivity index (χ1v) is 7.43. The maximum absolute atomic E-state index is 6.02. The number of nitrogens with one attached hydrogen (secondary N) is 1. The second-order valence-corrected chi connectivity index (χ2v) is 4.89. The molecular formula is C12H22N2O3Si. The Balaban J connectivity index is 3.11. The molecule has 6 heteroatoms. The van der Waals surface area contributed by atoms with E-state index < -0.39 is 0 Å². The van der Waals surface area contributed by atoms with Crippen LogP contribution in [0.5, 0.6) is 17.2 Å². The number of benzene rings is 1. The Morgan fingerprint density at radius 3 is 2.33 bits per heavy atom. The molecule has 1 aromatic carbocycles. The predicted molar refractivity (Wildman–Crippen MR) is 78.4 cm³/mol. The minimum Gasteiger partial charge on any atom is -0.493 e. The molecule has 0 amide bonds. The van der Waals surface area contributed by atoms with Gasteiger partial charge >= 0.3 is 0 Å². The quantitative estimate of drug-likeness (QED) is 0.437. The number of rotatable bonds is 7. The zero-order chi connectivity index (χ0) is 13.5. The molecule has 1 rings (SSSR count). The lowest BCUT2D eigenvalue weighted by Gasteiger charge is -2.18. The van der Waals surface area contributed by atoms with E-state index in [1.54, 1.807) is 21.3 Å². The van der Waals surface area contributed by atoms with Crippen LogP contribution in [0.15, 0.2) is 6.07 Å². The van der Waals surface area contributed by atoms with Gasteiger partial charge in [0.2, 0.25) is 0 Å². The minimum absolute atomic E-state index is 0.452. The molecule has 18 heavy (non-hydrogen) atoms.